The molecule has 0 saturated carbocycles. The molecule has 0 heterocycles. The average molecular weight is 505 g/mol. The Morgan fingerprint density at radius 2 is 1.06 bits per heavy atom. The van der Waals surface area contributed by atoms with Crippen LogP contribution in [0.25, 0.3) is 0 Å². The molecular formula is C24H28N2O2S4. The average Bonchev–Trinajstić information content (AvgIpc) is 2.81. The molecular weight excluding hydrogens is 477 g/mol. The summed E-state index contributed by atoms with van der Waals surface area (Å²) in [6.45, 7) is 0. The molecule has 0 fully saturated rings. The summed E-state index contributed by atoms with van der Waals surface area (Å²) in [6.07, 6.45) is 4.04. The van der Waals surface area contributed by atoms with Crippen LogP contribution in [0.3, 0.4) is 0 Å². The summed E-state index contributed by atoms with van der Waals surface area (Å²) in [6, 6.07) is 14.6. The Labute approximate surface area is 207 Å². The Morgan fingerprint density at radius 3 is 1.47 bits per heavy atom. The second-order valence-electron chi connectivity index (χ2n) is 7.00. The number of phenolic OH excluding ortho intramolecular Hbond substituents is 2. The van der Waals surface area contributed by atoms with E-state index in [0.717, 1.165) is 71.3 Å². The lowest BCUT2D eigenvalue weighted by atomic mass is 10.1. The van der Waals surface area contributed by atoms with E-state index < -0.39 is 0 Å². The van der Waals surface area contributed by atoms with Gasteiger partial charge in [0.05, 0.1) is 11.1 Å². The van der Waals surface area contributed by atoms with Crippen LogP contribution in [-0.4, -0.2) is 44.7 Å². The smallest absolute Gasteiger partial charge is 0.133 e. The number of benzene rings is 2. The minimum Gasteiger partial charge on any atom is -0.507 e. The molecule has 0 aliphatic rings. The van der Waals surface area contributed by atoms with Crippen molar-refractivity contribution in [2.75, 3.05) is 34.5 Å². The van der Waals surface area contributed by atoms with Gasteiger partial charge in [-0.2, -0.15) is 34.0 Å². The highest BCUT2D eigenvalue weighted by atomic mass is 33.1. The first-order valence-electron chi connectivity index (χ1n) is 10.5. The van der Waals surface area contributed by atoms with E-state index in [-0.39, 0.29) is 11.5 Å². The maximum absolute atomic E-state index is 9.54. The van der Waals surface area contributed by atoms with Crippen LogP contribution in [0.5, 0.6) is 11.5 Å². The molecule has 0 aromatic heterocycles. The van der Waals surface area contributed by atoms with Crippen LogP contribution < -0.4 is 0 Å². The molecule has 0 radical (unpaired) electrons. The first-order valence-corrected chi connectivity index (χ1v) is 15.3. The molecule has 0 bridgehead atoms. The lowest BCUT2D eigenvalue weighted by Crippen LogP contribution is -1.92. The molecule has 2 rings (SSSR count). The van der Waals surface area contributed by atoms with Gasteiger partial charge in [0.15, 0.2) is 0 Å². The third kappa shape index (κ3) is 10.4. The maximum atomic E-state index is 9.54. The van der Waals surface area contributed by atoms with E-state index >= 15 is 0 Å². The topological polar surface area (TPSA) is 88.0 Å². The number of nitrogens with zero attached hydrogens (tertiary/aromatic N) is 2. The van der Waals surface area contributed by atoms with Gasteiger partial charge in [0.2, 0.25) is 0 Å². The quantitative estimate of drug-likeness (QED) is 0.217. The van der Waals surface area contributed by atoms with E-state index in [1.54, 1.807) is 24.3 Å². The number of phenols is 2. The highest BCUT2D eigenvalue weighted by Crippen LogP contribution is 2.24. The molecule has 0 aliphatic carbocycles. The highest BCUT2D eigenvalue weighted by molar-refractivity contribution is 8.76. The normalized spacial score (nSPS) is 10.6. The summed E-state index contributed by atoms with van der Waals surface area (Å²) in [5.74, 6) is 6.95. The third-order valence-corrected chi connectivity index (χ3v) is 9.64. The molecule has 2 N–H and O–H groups in total. The van der Waals surface area contributed by atoms with Crippen LogP contribution in [0.4, 0.5) is 0 Å². The number of aromatic hydroxyl groups is 2. The Bertz CT molecular complexity index is 850. The van der Waals surface area contributed by atoms with E-state index in [4.69, 9.17) is 10.5 Å². The standard InChI is InChI=1S/C24H28N2O2S4/c25-17-21-15-19(5-7-23(21)27)3-1-9-29-11-13-31-32-14-12-30-10-2-4-20-6-8-24(28)22(16-20)18-26/h5-8,15-16,27-28H,1-4,9-14H2. The van der Waals surface area contributed by atoms with Crippen LogP contribution in [0.2, 0.25) is 0 Å². The van der Waals surface area contributed by atoms with Crippen molar-refractivity contribution < 1.29 is 10.2 Å². The number of nitriles is 2. The van der Waals surface area contributed by atoms with Crippen LogP contribution in [0, 0.1) is 22.7 Å². The van der Waals surface area contributed by atoms with E-state index in [0.29, 0.717) is 11.1 Å². The first kappa shape index (κ1) is 26.7. The number of hydrogen-bond acceptors (Lipinski definition) is 8. The van der Waals surface area contributed by atoms with Crippen molar-refractivity contribution in [2.45, 2.75) is 25.7 Å². The predicted molar refractivity (Wildman–Crippen MR) is 142 cm³/mol. The molecule has 0 saturated heterocycles. The zero-order chi connectivity index (χ0) is 23.0. The maximum Gasteiger partial charge on any atom is 0.133 e. The molecule has 4 nitrogen and oxygen atoms in total. The van der Waals surface area contributed by atoms with E-state index in [9.17, 15) is 10.2 Å². The van der Waals surface area contributed by atoms with Crippen LogP contribution >= 0.6 is 45.1 Å². The summed E-state index contributed by atoms with van der Waals surface area (Å²) < 4.78 is 0. The fourth-order valence-electron chi connectivity index (χ4n) is 2.92. The van der Waals surface area contributed by atoms with Gasteiger partial charge in [-0.15, -0.1) is 0 Å². The van der Waals surface area contributed by atoms with Gasteiger partial charge in [-0.25, -0.2) is 0 Å². The highest BCUT2D eigenvalue weighted by Gasteiger charge is 2.03. The lowest BCUT2D eigenvalue weighted by molar-refractivity contribution is 0.472. The van der Waals surface area contributed by atoms with Crippen molar-refractivity contribution in [3.8, 4) is 23.6 Å². The second kappa shape index (κ2) is 16.1. The van der Waals surface area contributed by atoms with E-state index in [1.807, 2.05) is 69.4 Å². The fourth-order valence-corrected chi connectivity index (χ4v) is 7.68. The molecule has 0 spiro atoms. The molecule has 8 heteroatoms. The van der Waals surface area contributed by atoms with Gasteiger partial charge in [-0.3, -0.25) is 0 Å². The Balaban J connectivity index is 1.38. The van der Waals surface area contributed by atoms with Crippen molar-refractivity contribution in [1.29, 1.82) is 10.5 Å². The summed E-state index contributed by atoms with van der Waals surface area (Å²) in [7, 11) is 3.89. The Hall–Kier alpha value is -1.58. The molecule has 2 aromatic rings. The van der Waals surface area contributed by atoms with Crippen molar-refractivity contribution in [3.05, 3.63) is 58.7 Å². The molecule has 0 aliphatic heterocycles. The zero-order valence-corrected chi connectivity index (χ0v) is 21.2. The summed E-state index contributed by atoms with van der Waals surface area (Å²) in [4.78, 5) is 0. The monoisotopic (exact) mass is 504 g/mol. The number of aryl methyl sites for hydroxylation is 2. The molecule has 0 amide bonds. The van der Waals surface area contributed by atoms with Gasteiger partial charge < -0.3 is 10.2 Å². The zero-order valence-electron chi connectivity index (χ0n) is 18.0. The minimum atomic E-state index is 0.0581. The lowest BCUT2D eigenvalue weighted by Gasteiger charge is -2.05. The Morgan fingerprint density at radius 1 is 0.625 bits per heavy atom. The second-order valence-corrected chi connectivity index (χ2v) is 12.2. The van der Waals surface area contributed by atoms with Crippen molar-refractivity contribution in [1.82, 2.24) is 0 Å². The Kier molecular flexibility index (Phi) is 13.4. The molecule has 32 heavy (non-hydrogen) atoms. The van der Waals surface area contributed by atoms with Gasteiger partial charge in [0.25, 0.3) is 0 Å². The predicted octanol–water partition coefficient (Wildman–Crippen LogP) is 6.25. The largest absolute Gasteiger partial charge is 0.507 e. The third-order valence-electron chi connectivity index (χ3n) is 4.58. The fraction of sp³-hybridized carbons (Fsp3) is 0.417. The van der Waals surface area contributed by atoms with Gasteiger partial charge in [0, 0.05) is 23.0 Å². The summed E-state index contributed by atoms with van der Waals surface area (Å²) in [5, 5.41) is 37.0. The molecule has 170 valence electrons. The minimum absolute atomic E-state index is 0.0581. The first-order chi connectivity index (χ1) is 15.6. The number of hydrogen-bond donors (Lipinski definition) is 2. The van der Waals surface area contributed by atoms with Gasteiger partial charge in [-0.05, 0) is 72.6 Å². The summed E-state index contributed by atoms with van der Waals surface area (Å²) in [5.41, 5.74) is 2.93. The van der Waals surface area contributed by atoms with E-state index in [1.165, 1.54) is 0 Å². The van der Waals surface area contributed by atoms with Crippen molar-refractivity contribution >= 4 is 45.1 Å². The molecule has 0 atom stereocenters. The van der Waals surface area contributed by atoms with Crippen LogP contribution in [0.15, 0.2) is 36.4 Å². The van der Waals surface area contributed by atoms with E-state index in [2.05, 4.69) is 0 Å². The van der Waals surface area contributed by atoms with Crippen LogP contribution in [0.1, 0.15) is 35.1 Å². The molecule has 0 unspecified atom stereocenters. The van der Waals surface area contributed by atoms with Crippen LogP contribution in [-0.2, 0) is 12.8 Å². The van der Waals surface area contributed by atoms with Gasteiger partial charge in [-0.1, -0.05) is 33.7 Å². The van der Waals surface area contributed by atoms with Gasteiger partial charge in [0.1, 0.15) is 23.6 Å². The van der Waals surface area contributed by atoms with Crippen molar-refractivity contribution in [2.24, 2.45) is 0 Å². The van der Waals surface area contributed by atoms with Gasteiger partial charge >= 0.3 is 0 Å². The van der Waals surface area contributed by atoms with Crippen molar-refractivity contribution in [3.63, 3.8) is 0 Å². The molecule has 2 aromatic carbocycles. The summed E-state index contributed by atoms with van der Waals surface area (Å²) >= 11 is 3.94. The number of thioether (sulfide) groups is 2. The SMILES string of the molecule is N#Cc1cc(CCCSCCSSCCSCCCc2ccc(O)c(C#N)c2)ccc1O. The number of rotatable bonds is 15.